The zero-order valence-electron chi connectivity index (χ0n) is 16.9. The van der Waals surface area contributed by atoms with Crippen LogP contribution in [0.5, 0.6) is 5.75 Å². The van der Waals surface area contributed by atoms with Crippen LogP contribution in [0.3, 0.4) is 0 Å². The zero-order chi connectivity index (χ0) is 20.3. The maximum atomic E-state index is 12.0. The molecule has 4 fully saturated rings. The molecule has 0 spiro atoms. The van der Waals surface area contributed by atoms with Crippen LogP contribution < -0.4 is 4.52 Å². The predicted molar refractivity (Wildman–Crippen MR) is 115 cm³/mol. The molecule has 1 aromatic rings. The van der Waals surface area contributed by atoms with Gasteiger partial charge in [0.25, 0.3) is 0 Å². The fourth-order valence-electron chi connectivity index (χ4n) is 5.70. The maximum Gasteiger partial charge on any atom is 0.461 e. The summed E-state index contributed by atoms with van der Waals surface area (Å²) < 4.78 is 23.2. The van der Waals surface area contributed by atoms with E-state index in [4.69, 9.17) is 18.4 Å². The van der Waals surface area contributed by atoms with Gasteiger partial charge in [0.2, 0.25) is 0 Å². The number of hydrogen-bond donors (Lipinski definition) is 0. The van der Waals surface area contributed by atoms with Gasteiger partial charge in [0.15, 0.2) is 0 Å². The van der Waals surface area contributed by atoms with Crippen molar-refractivity contribution >= 4 is 32.0 Å². The van der Waals surface area contributed by atoms with E-state index in [0.717, 1.165) is 17.9 Å². The van der Waals surface area contributed by atoms with Crippen LogP contribution in [0.25, 0.3) is 0 Å². The summed E-state index contributed by atoms with van der Waals surface area (Å²) in [4.78, 5) is 12.0. The van der Waals surface area contributed by atoms with Crippen molar-refractivity contribution in [3.63, 3.8) is 0 Å². The van der Waals surface area contributed by atoms with Crippen molar-refractivity contribution in [1.82, 2.24) is 0 Å². The van der Waals surface area contributed by atoms with E-state index in [1.165, 1.54) is 6.42 Å². The van der Waals surface area contributed by atoms with E-state index < -0.39 is 5.97 Å². The van der Waals surface area contributed by atoms with Crippen LogP contribution in [-0.2, 0) is 20.3 Å². The topological polar surface area (TPSA) is 54.0 Å². The van der Waals surface area contributed by atoms with Crippen LogP contribution in [0.4, 0.5) is 0 Å². The lowest BCUT2D eigenvalue weighted by Gasteiger charge is -2.64. The van der Waals surface area contributed by atoms with E-state index in [9.17, 15) is 4.79 Å². The van der Waals surface area contributed by atoms with Gasteiger partial charge < -0.3 is 18.4 Å². The SMILES string of the molecule is C[C@H](Cc1cccc(C(=O)OP)c1OP)B1O[C@@H]2C[C@@H]3C[C@@H](C3(C)C)[C@]2(C)O1. The van der Waals surface area contributed by atoms with Crippen LogP contribution in [0.2, 0.25) is 5.82 Å². The van der Waals surface area contributed by atoms with Gasteiger partial charge in [-0.15, -0.1) is 0 Å². The summed E-state index contributed by atoms with van der Waals surface area (Å²) >= 11 is 0. The van der Waals surface area contributed by atoms with E-state index in [2.05, 4.69) is 37.2 Å². The minimum atomic E-state index is -0.439. The molecule has 0 amide bonds. The lowest BCUT2D eigenvalue weighted by atomic mass is 9.43. The normalized spacial score (nSPS) is 33.6. The van der Waals surface area contributed by atoms with E-state index in [0.29, 0.717) is 29.1 Å². The number of para-hydroxylation sites is 1. The number of benzene rings is 1. The fourth-order valence-corrected chi connectivity index (χ4v) is 6.10. The number of hydrogen-bond acceptors (Lipinski definition) is 5. The molecule has 2 unspecified atom stereocenters. The van der Waals surface area contributed by atoms with Gasteiger partial charge in [0, 0.05) is 0 Å². The Morgan fingerprint density at radius 3 is 2.71 bits per heavy atom. The summed E-state index contributed by atoms with van der Waals surface area (Å²) in [6.07, 6.45) is 3.19. The molecule has 1 heterocycles. The summed E-state index contributed by atoms with van der Waals surface area (Å²) in [7, 11) is 3.96. The molecule has 1 aromatic carbocycles. The second kappa shape index (κ2) is 7.24. The predicted octanol–water partition coefficient (Wildman–Crippen LogP) is 4.46. The second-order valence-corrected chi connectivity index (χ2v) is 9.81. The molecule has 0 radical (unpaired) electrons. The molecule has 0 aromatic heterocycles. The first-order valence-electron chi connectivity index (χ1n) is 9.95. The van der Waals surface area contributed by atoms with Gasteiger partial charge in [-0.2, -0.15) is 0 Å². The number of rotatable bonds is 5. The van der Waals surface area contributed by atoms with Crippen LogP contribution in [0.15, 0.2) is 18.2 Å². The molecule has 7 atom stereocenters. The summed E-state index contributed by atoms with van der Waals surface area (Å²) in [6, 6.07) is 5.52. The van der Waals surface area contributed by atoms with Crippen molar-refractivity contribution < 1.29 is 23.2 Å². The molecule has 3 aliphatic carbocycles. The Morgan fingerprint density at radius 2 is 2.07 bits per heavy atom. The highest BCUT2D eigenvalue weighted by atomic mass is 31.0. The highest BCUT2D eigenvalue weighted by molar-refractivity contribution is 7.11. The average Bonchev–Trinajstić information content (AvgIpc) is 3.04. The molecule has 8 heteroatoms. The molecule has 152 valence electrons. The van der Waals surface area contributed by atoms with Crippen LogP contribution >= 0.6 is 18.9 Å². The number of carbonyl (C=O) groups excluding carboxylic acids is 1. The highest BCUT2D eigenvalue weighted by Gasteiger charge is 2.68. The molecular weight excluding hydrogens is 393 g/mol. The number of carbonyl (C=O) groups is 1. The van der Waals surface area contributed by atoms with Gasteiger partial charge in [0.05, 0.1) is 30.6 Å². The molecule has 28 heavy (non-hydrogen) atoms. The van der Waals surface area contributed by atoms with Gasteiger partial charge in [-0.3, -0.25) is 0 Å². The smallest absolute Gasteiger partial charge is 0.461 e. The lowest BCUT2D eigenvalue weighted by molar-refractivity contribution is -0.199. The Morgan fingerprint density at radius 1 is 1.32 bits per heavy atom. The van der Waals surface area contributed by atoms with Gasteiger partial charge in [0.1, 0.15) is 11.3 Å². The molecule has 3 saturated carbocycles. The summed E-state index contributed by atoms with van der Waals surface area (Å²) in [5.41, 5.74) is 1.47. The highest BCUT2D eigenvalue weighted by Crippen LogP contribution is 2.66. The van der Waals surface area contributed by atoms with E-state index in [-0.39, 0.29) is 24.6 Å². The van der Waals surface area contributed by atoms with Crippen LogP contribution in [0, 0.1) is 17.3 Å². The minimum Gasteiger partial charge on any atom is -0.479 e. The van der Waals surface area contributed by atoms with Gasteiger partial charge in [-0.1, -0.05) is 32.9 Å². The largest absolute Gasteiger partial charge is 0.479 e. The Bertz CT molecular complexity index is 788. The quantitative estimate of drug-likeness (QED) is 0.518. The van der Waals surface area contributed by atoms with Crippen molar-refractivity contribution in [3.05, 3.63) is 29.3 Å². The lowest BCUT2D eigenvalue weighted by Crippen LogP contribution is -2.65. The summed E-state index contributed by atoms with van der Waals surface area (Å²) in [5, 5.41) is 0. The van der Waals surface area contributed by atoms with Gasteiger partial charge in [-0.05, 0) is 60.9 Å². The third-order valence-corrected chi connectivity index (χ3v) is 7.97. The van der Waals surface area contributed by atoms with Crippen molar-refractivity contribution in [2.75, 3.05) is 0 Å². The van der Waals surface area contributed by atoms with Crippen LogP contribution in [-0.4, -0.2) is 24.8 Å². The Balaban J connectivity index is 1.51. The average molecular weight is 422 g/mol. The molecule has 2 bridgehead atoms. The minimum absolute atomic E-state index is 0.129. The first-order chi connectivity index (χ1) is 13.2. The molecule has 0 N–H and O–H groups in total. The summed E-state index contributed by atoms with van der Waals surface area (Å²) in [6.45, 7) is 9.10. The Kier molecular flexibility index (Phi) is 5.32. The maximum absolute atomic E-state index is 12.0. The first-order valence-corrected chi connectivity index (χ1v) is 10.9. The molecule has 4 aliphatic rings. The standard InChI is InChI=1S/C20H29BO5P2/c1-11(8-12-6-5-7-14(17(12)24-27)18(22)25-28)21-23-16-10-13-9-15(19(13,2)3)20(16,4)26-21/h5-7,11,13,15-16H,8-10,27-28H2,1-4H3/t11-,13+,15+,16-,20+/m1/s1. The third kappa shape index (κ3) is 3.03. The van der Waals surface area contributed by atoms with E-state index in [1.54, 1.807) is 6.07 Å². The summed E-state index contributed by atoms with van der Waals surface area (Å²) in [5.74, 6) is 1.50. The van der Waals surface area contributed by atoms with Crippen molar-refractivity contribution in [2.45, 2.75) is 64.5 Å². The third-order valence-electron chi connectivity index (χ3n) is 7.52. The molecule has 5 nitrogen and oxygen atoms in total. The molecular formula is C20H29BO5P2. The van der Waals surface area contributed by atoms with Crippen molar-refractivity contribution in [2.24, 2.45) is 17.3 Å². The van der Waals surface area contributed by atoms with Crippen molar-refractivity contribution in [1.29, 1.82) is 0 Å². The monoisotopic (exact) mass is 422 g/mol. The molecule has 1 aliphatic heterocycles. The second-order valence-electron chi connectivity index (χ2n) is 9.34. The molecule has 5 rings (SSSR count). The van der Waals surface area contributed by atoms with Gasteiger partial charge in [-0.25, -0.2) is 4.79 Å². The van der Waals surface area contributed by atoms with Gasteiger partial charge >= 0.3 is 13.1 Å². The van der Waals surface area contributed by atoms with Crippen LogP contribution in [0.1, 0.15) is 56.5 Å². The Labute approximate surface area is 172 Å². The molecule has 1 saturated heterocycles. The van der Waals surface area contributed by atoms with Crippen molar-refractivity contribution in [3.8, 4) is 5.75 Å². The fraction of sp³-hybridized carbons (Fsp3) is 0.650. The van der Waals surface area contributed by atoms with E-state index >= 15 is 0 Å². The Hall–Kier alpha value is -0.665. The van der Waals surface area contributed by atoms with E-state index in [1.807, 2.05) is 21.6 Å². The zero-order valence-corrected chi connectivity index (χ0v) is 19.2. The first kappa shape index (κ1) is 20.6.